The predicted molar refractivity (Wildman–Crippen MR) is 144 cm³/mol. The average molecular weight is 679 g/mol. The molecular formula is C21H27N7O13P2S. The van der Waals surface area contributed by atoms with Crippen molar-refractivity contribution in [2.24, 2.45) is 5.73 Å². The van der Waals surface area contributed by atoms with Gasteiger partial charge in [-0.3, -0.25) is 13.9 Å². The Morgan fingerprint density at radius 3 is 2.50 bits per heavy atom. The Kier molecular flexibility index (Phi) is 9.44. The molecule has 5 rings (SSSR count). The van der Waals surface area contributed by atoms with Crippen molar-refractivity contribution in [2.45, 2.75) is 49.1 Å². The van der Waals surface area contributed by atoms with Crippen LogP contribution in [0.25, 0.3) is 11.2 Å². The molecule has 2 saturated heterocycles. The number of nitrogens with zero attached hydrogens (tertiary/aromatic N) is 5. The average Bonchev–Trinajstić information content (AvgIpc) is 3.61. The van der Waals surface area contributed by atoms with E-state index in [2.05, 4.69) is 19.3 Å². The summed E-state index contributed by atoms with van der Waals surface area (Å²) in [6.07, 6.45) is -6.37. The number of anilines is 1. The first kappa shape index (κ1) is 32.8. The minimum absolute atomic E-state index is 0.0722. The van der Waals surface area contributed by atoms with Crippen LogP contribution < -0.4 is 20.9 Å². The second-order valence-electron chi connectivity index (χ2n) is 9.67. The largest absolute Gasteiger partial charge is 0.756 e. The molecule has 3 aromatic heterocycles. The Bertz CT molecular complexity index is 1630. The van der Waals surface area contributed by atoms with Crippen molar-refractivity contribution in [1.29, 1.82) is 0 Å². The number of nitrogens with two attached hydrogens (primary N) is 2. The van der Waals surface area contributed by atoms with Crippen LogP contribution in [0.3, 0.4) is 0 Å². The third-order valence-electron chi connectivity index (χ3n) is 6.74. The zero-order chi connectivity index (χ0) is 32.0. The van der Waals surface area contributed by atoms with Gasteiger partial charge in [-0.15, -0.1) is 0 Å². The third-order valence-corrected chi connectivity index (χ3v) is 10.2. The van der Waals surface area contributed by atoms with Gasteiger partial charge in [0.2, 0.25) is 0 Å². The zero-order valence-electron chi connectivity index (χ0n) is 22.2. The minimum Gasteiger partial charge on any atom is -0.756 e. The van der Waals surface area contributed by atoms with Crippen molar-refractivity contribution in [3.63, 3.8) is 0 Å². The van der Waals surface area contributed by atoms with E-state index >= 15 is 0 Å². The maximum Gasteiger partial charge on any atom is 0.331 e. The molecule has 20 nitrogen and oxygen atoms in total. The number of rotatable bonds is 11. The van der Waals surface area contributed by atoms with Crippen LogP contribution >= 0.6 is 14.5 Å². The summed E-state index contributed by atoms with van der Waals surface area (Å²) in [7, 11) is -5.41. The highest BCUT2D eigenvalue weighted by molar-refractivity contribution is 8.08. The van der Waals surface area contributed by atoms with Crippen LogP contribution in [0.15, 0.2) is 37.2 Å². The van der Waals surface area contributed by atoms with Gasteiger partial charge < -0.3 is 60.2 Å². The fraction of sp³-hybridized carbons (Fsp3) is 0.476. The molecule has 44 heavy (non-hydrogen) atoms. The van der Waals surface area contributed by atoms with Crippen molar-refractivity contribution >= 4 is 49.2 Å². The van der Waals surface area contributed by atoms with E-state index in [9.17, 15) is 39.6 Å². The summed E-state index contributed by atoms with van der Waals surface area (Å²) in [5, 5.41) is 41.8. The van der Waals surface area contributed by atoms with Gasteiger partial charge in [0.15, 0.2) is 36.2 Å². The van der Waals surface area contributed by atoms with Gasteiger partial charge in [0.05, 0.1) is 19.5 Å². The van der Waals surface area contributed by atoms with Crippen molar-refractivity contribution in [2.75, 3.05) is 18.9 Å². The van der Waals surface area contributed by atoms with Gasteiger partial charge in [-0.2, -0.15) is 4.57 Å². The van der Waals surface area contributed by atoms with Crippen LogP contribution in [0, 0.1) is 0 Å². The first-order valence-corrected chi connectivity index (χ1v) is 16.6. The highest BCUT2D eigenvalue weighted by Crippen LogP contribution is 2.58. The quantitative estimate of drug-likeness (QED) is 0.0762. The molecule has 0 spiro atoms. The number of pyridine rings is 1. The maximum atomic E-state index is 12.4. The van der Waals surface area contributed by atoms with Crippen LogP contribution in [-0.2, 0) is 39.2 Å². The Morgan fingerprint density at radius 1 is 1.09 bits per heavy atom. The summed E-state index contributed by atoms with van der Waals surface area (Å²) in [6, 6.07) is 2.86. The highest BCUT2D eigenvalue weighted by atomic mass is 32.5. The first-order valence-electron chi connectivity index (χ1n) is 12.6. The molecule has 5 heterocycles. The van der Waals surface area contributed by atoms with Gasteiger partial charge in [0.25, 0.3) is 20.0 Å². The fourth-order valence-corrected chi connectivity index (χ4v) is 7.54. The van der Waals surface area contributed by atoms with E-state index in [-0.39, 0.29) is 22.5 Å². The number of phosphoric acid groups is 1. The molecule has 0 bridgehead atoms. The Balaban J connectivity index is 1.16. The zero-order valence-corrected chi connectivity index (χ0v) is 24.8. The molecule has 9 N–H and O–H groups in total. The number of aromatic nitrogens is 5. The molecular weight excluding hydrogens is 652 g/mol. The monoisotopic (exact) mass is 679 g/mol. The molecule has 3 aromatic rings. The number of amides is 1. The summed E-state index contributed by atoms with van der Waals surface area (Å²) in [5.74, 6) is -0.681. The van der Waals surface area contributed by atoms with Crippen LogP contribution in [-0.4, -0.2) is 101 Å². The van der Waals surface area contributed by atoms with E-state index in [1.165, 1.54) is 46.3 Å². The van der Waals surface area contributed by atoms with Gasteiger partial charge in [-0.25, -0.2) is 19.3 Å². The van der Waals surface area contributed by atoms with Crippen LogP contribution in [0.5, 0.6) is 0 Å². The van der Waals surface area contributed by atoms with Gasteiger partial charge in [-0.1, -0.05) is 0 Å². The highest BCUT2D eigenvalue weighted by Gasteiger charge is 2.49. The molecule has 23 heteroatoms. The standard InChI is InChI=1S/C21H27N7O13P2S/c22-17-12-19(25-7-24-17)28(8-26-12)21-16(32)14(30)11(40-21)6-38-43(36,44)41-42(34,35)37-5-10-13(29)15(31)20(39-10)27-3-1-2-9(4-27)18(23)33/h1-4,7-8,10-11,13-16,20-21,29-32H,5-6H2,(H5-,22,23,24,25,33,34,35,36,44). The summed E-state index contributed by atoms with van der Waals surface area (Å²) >= 11 is 4.75. The van der Waals surface area contributed by atoms with Crippen molar-refractivity contribution in [3.8, 4) is 0 Å². The van der Waals surface area contributed by atoms with E-state index in [1.807, 2.05) is 0 Å². The summed E-state index contributed by atoms with van der Waals surface area (Å²) in [5.41, 5.74) is 11.5. The molecule has 2 aliphatic rings. The lowest BCUT2D eigenvalue weighted by Gasteiger charge is -2.28. The van der Waals surface area contributed by atoms with Gasteiger partial charge >= 0.3 is 6.72 Å². The number of aliphatic hydroxyl groups is 4. The van der Waals surface area contributed by atoms with Crippen molar-refractivity contribution in [1.82, 2.24) is 19.5 Å². The number of fused-ring (bicyclic) bond motifs is 1. The number of aliphatic hydroxyl groups excluding tert-OH is 4. The van der Waals surface area contributed by atoms with E-state index in [0.29, 0.717) is 0 Å². The van der Waals surface area contributed by atoms with Crippen LogP contribution in [0.4, 0.5) is 5.82 Å². The fourth-order valence-electron chi connectivity index (χ4n) is 4.57. The lowest BCUT2D eigenvalue weighted by molar-refractivity contribution is -0.765. The van der Waals surface area contributed by atoms with Crippen LogP contribution in [0.2, 0.25) is 0 Å². The molecule has 0 aromatic carbocycles. The number of ether oxygens (including phenoxy) is 2. The first-order chi connectivity index (χ1) is 20.7. The second-order valence-corrected chi connectivity index (χ2v) is 14.1. The van der Waals surface area contributed by atoms with E-state index < -0.39 is 82.7 Å². The van der Waals surface area contributed by atoms with E-state index in [4.69, 9.17) is 41.8 Å². The summed E-state index contributed by atoms with van der Waals surface area (Å²) in [4.78, 5) is 46.1. The third kappa shape index (κ3) is 6.81. The number of carbonyl (C=O) groups excluding carboxylic acids is 1. The number of nitrogen functional groups attached to an aromatic ring is 1. The number of imidazole rings is 1. The molecule has 10 unspecified atom stereocenters. The molecule has 2 aliphatic heterocycles. The Morgan fingerprint density at radius 2 is 1.77 bits per heavy atom. The number of carbonyl (C=O) groups is 1. The van der Waals surface area contributed by atoms with Crippen LogP contribution in [0.1, 0.15) is 22.8 Å². The topological polar surface area (TPSA) is 304 Å². The normalized spacial score (nSPS) is 31.6. The smallest absolute Gasteiger partial charge is 0.331 e. The molecule has 240 valence electrons. The number of hydrogen-bond acceptors (Lipinski definition) is 17. The predicted octanol–water partition coefficient (Wildman–Crippen LogP) is -3.53. The number of phosphoric ester groups is 1. The van der Waals surface area contributed by atoms with Gasteiger partial charge in [-0.05, 0) is 17.9 Å². The summed E-state index contributed by atoms with van der Waals surface area (Å²) in [6.45, 7) is -6.18. The molecule has 1 amide bonds. The molecule has 0 saturated carbocycles. The van der Waals surface area contributed by atoms with E-state index in [0.717, 1.165) is 0 Å². The van der Waals surface area contributed by atoms with E-state index in [1.54, 1.807) is 0 Å². The molecule has 0 radical (unpaired) electrons. The molecule has 2 fully saturated rings. The second kappa shape index (κ2) is 12.7. The number of primary amides is 1. The molecule has 10 atom stereocenters. The minimum atomic E-state index is -5.41. The number of hydrogen-bond donors (Lipinski definition) is 7. The van der Waals surface area contributed by atoms with Crippen molar-refractivity contribution < 1.29 is 67.0 Å². The SMILES string of the molecule is NC(=O)c1ccc[n+](C2OC(COP(=O)([O-])OP(O)(=S)OCC3OC(n4cnc5c(N)ncnc54)C(O)C3O)C(O)C2O)c1. The maximum absolute atomic E-state index is 12.4. The van der Waals surface area contributed by atoms with Gasteiger partial charge in [0, 0.05) is 6.07 Å². The van der Waals surface area contributed by atoms with Gasteiger partial charge in [0.1, 0.15) is 47.9 Å². The Labute approximate surface area is 252 Å². The van der Waals surface area contributed by atoms with Crippen molar-refractivity contribution in [3.05, 3.63) is 42.7 Å². The molecule has 0 aliphatic carbocycles. The lowest BCUT2D eigenvalue weighted by atomic mass is 10.1. The lowest BCUT2D eigenvalue weighted by Crippen LogP contribution is -2.46. The summed E-state index contributed by atoms with van der Waals surface area (Å²) < 4.78 is 40.4. The Hall–Kier alpha value is -2.59.